The van der Waals surface area contributed by atoms with Crippen molar-refractivity contribution in [2.75, 3.05) is 0 Å². The Labute approximate surface area is 236 Å². The molecule has 0 heterocycles. The van der Waals surface area contributed by atoms with Gasteiger partial charge >= 0.3 is 7.12 Å². The maximum atomic E-state index is 9.62. The minimum absolute atomic E-state index is 0.239. The molecule has 0 saturated carbocycles. The monoisotopic (exact) mass is 682 g/mol. The fraction of sp³-hybridized carbons (Fsp3) is 0.500. The Morgan fingerprint density at radius 1 is 0.517 bits per heavy atom. The van der Waals surface area contributed by atoms with Crippen LogP contribution in [0.25, 0.3) is 0 Å². The molecule has 2 N–H and O–H groups in total. The molecule has 0 radical (unpaired) electrons. The van der Waals surface area contributed by atoms with E-state index < -0.39 is 32.0 Å². The zero-order valence-electron chi connectivity index (χ0n) is 13.0. The van der Waals surface area contributed by atoms with E-state index in [1.54, 1.807) is 0 Å². The highest BCUT2D eigenvalue weighted by atomic mass is 35.6. The van der Waals surface area contributed by atoms with Crippen molar-refractivity contribution < 1.29 is 10.0 Å². The molecule has 1 aromatic rings. The SMILES string of the molecule is OB(O)c1cc(C(Cl)(Cl)C(Cl)(Cl)C(Cl)(Cl)Cl)cc(C(Cl)(Cl)C(Cl)(Cl)C(Cl)(Cl)Cl)c1. The first-order chi connectivity index (χ1) is 12.5. The van der Waals surface area contributed by atoms with Crippen molar-refractivity contribution >= 4 is 175 Å². The van der Waals surface area contributed by atoms with Gasteiger partial charge in [-0.25, -0.2) is 0 Å². The molecule has 0 aromatic heterocycles. The number of hydrogen-bond acceptors (Lipinski definition) is 2. The summed E-state index contributed by atoms with van der Waals surface area (Å²) < 4.78 is -14.5. The Hall–Kier alpha value is 3.26. The van der Waals surface area contributed by atoms with E-state index in [-0.39, 0.29) is 16.6 Å². The lowest BCUT2D eigenvalue weighted by atomic mass is 9.77. The van der Waals surface area contributed by atoms with E-state index in [0.717, 1.165) is 18.2 Å². The maximum absolute atomic E-state index is 9.62. The quantitative estimate of drug-likeness (QED) is 0.246. The summed E-state index contributed by atoms with van der Waals surface area (Å²) >= 11 is 84.2. The van der Waals surface area contributed by atoms with Crippen LogP contribution in [0.15, 0.2) is 18.2 Å². The molecule has 0 unspecified atom stereocenters. The van der Waals surface area contributed by atoms with Gasteiger partial charge in [0.25, 0.3) is 0 Å². The van der Waals surface area contributed by atoms with Gasteiger partial charge in [-0.15, -0.1) is 0 Å². The molecule has 1 aromatic carbocycles. The molecule has 1 rings (SSSR count). The summed E-state index contributed by atoms with van der Waals surface area (Å²) in [6, 6.07) is 3.25. The van der Waals surface area contributed by atoms with Crippen LogP contribution in [0.1, 0.15) is 11.1 Å². The second-order valence-corrected chi connectivity index (χ2v) is 15.4. The van der Waals surface area contributed by atoms with Gasteiger partial charge in [-0.3, -0.25) is 0 Å². The maximum Gasteiger partial charge on any atom is 0.488 e. The smallest absolute Gasteiger partial charge is 0.423 e. The Balaban J connectivity index is 3.83. The van der Waals surface area contributed by atoms with Crippen molar-refractivity contribution in [1.29, 1.82) is 0 Å². The van der Waals surface area contributed by atoms with Crippen molar-refractivity contribution in [2.45, 2.75) is 24.9 Å². The first kappa shape index (κ1) is 30.3. The summed E-state index contributed by atoms with van der Waals surface area (Å²) in [4.78, 5) is 0. The van der Waals surface area contributed by atoms with Gasteiger partial charge in [-0.05, 0) is 22.7 Å². The van der Waals surface area contributed by atoms with E-state index in [1.165, 1.54) is 0 Å². The second kappa shape index (κ2) is 9.73. The fourth-order valence-electron chi connectivity index (χ4n) is 1.88. The third kappa shape index (κ3) is 5.92. The molecule has 0 aliphatic heterocycles. The van der Waals surface area contributed by atoms with Gasteiger partial charge in [0.15, 0.2) is 8.67 Å². The van der Waals surface area contributed by atoms with E-state index in [1.807, 2.05) is 0 Å². The largest absolute Gasteiger partial charge is 0.488 e. The van der Waals surface area contributed by atoms with Crippen molar-refractivity contribution in [1.82, 2.24) is 0 Å². The lowest BCUT2D eigenvalue weighted by molar-refractivity contribution is 0.425. The predicted molar refractivity (Wildman–Crippen MR) is 132 cm³/mol. The van der Waals surface area contributed by atoms with Crippen LogP contribution in [-0.4, -0.2) is 33.4 Å². The predicted octanol–water partition coefficient (Wildman–Crippen LogP) is 7.72. The highest BCUT2D eigenvalue weighted by Gasteiger charge is 2.63. The highest BCUT2D eigenvalue weighted by molar-refractivity contribution is 6.79. The zero-order valence-corrected chi connectivity index (χ0v) is 23.6. The minimum atomic E-state index is -2.47. The fourth-order valence-corrected chi connectivity index (χ4v) is 4.75. The molecule has 0 bridgehead atoms. The van der Waals surface area contributed by atoms with E-state index in [0.29, 0.717) is 0 Å². The van der Waals surface area contributed by atoms with Gasteiger partial charge in [-0.2, -0.15) is 0 Å². The summed E-state index contributed by atoms with van der Waals surface area (Å²) in [5, 5.41) is 19.2. The first-order valence-corrected chi connectivity index (χ1v) is 12.0. The van der Waals surface area contributed by atoms with Crippen LogP contribution in [0.2, 0.25) is 0 Å². The van der Waals surface area contributed by atoms with Crippen LogP contribution in [0.4, 0.5) is 0 Å². The van der Waals surface area contributed by atoms with Gasteiger partial charge in [0.2, 0.25) is 16.3 Å². The molecular formula is C12H5BCl14O2. The molecule has 2 nitrogen and oxygen atoms in total. The van der Waals surface area contributed by atoms with E-state index >= 15 is 0 Å². The Morgan fingerprint density at radius 2 is 0.793 bits per heavy atom. The zero-order chi connectivity index (χ0) is 23.4. The first-order valence-electron chi connectivity index (χ1n) is 6.68. The lowest BCUT2D eigenvalue weighted by Crippen LogP contribution is -2.47. The van der Waals surface area contributed by atoms with Crippen molar-refractivity contribution in [2.24, 2.45) is 0 Å². The summed E-state index contributed by atoms with van der Waals surface area (Å²) in [5.41, 5.74) is -0.732. The molecule has 0 saturated heterocycles. The third-order valence-corrected chi connectivity index (χ3v) is 11.4. The van der Waals surface area contributed by atoms with Crippen molar-refractivity contribution in [3.05, 3.63) is 29.3 Å². The molecule has 0 amide bonds. The summed E-state index contributed by atoms with van der Waals surface area (Å²) in [6.45, 7) is 0. The van der Waals surface area contributed by atoms with Crippen LogP contribution < -0.4 is 5.46 Å². The topological polar surface area (TPSA) is 40.5 Å². The summed E-state index contributed by atoms with van der Waals surface area (Å²) in [5.74, 6) is 0. The van der Waals surface area contributed by atoms with Crippen molar-refractivity contribution in [3.8, 4) is 0 Å². The molecule has 0 spiro atoms. The Morgan fingerprint density at radius 3 is 1.00 bits per heavy atom. The van der Waals surface area contributed by atoms with E-state index in [2.05, 4.69) is 0 Å². The van der Waals surface area contributed by atoms with Gasteiger partial charge in [0.1, 0.15) is 0 Å². The molecule has 17 heteroatoms. The number of benzene rings is 1. The Bertz CT molecular complexity index is 696. The number of hydrogen-bond donors (Lipinski definition) is 2. The van der Waals surface area contributed by atoms with Crippen LogP contribution in [0.5, 0.6) is 0 Å². The molecule has 166 valence electrons. The summed E-state index contributed by atoms with van der Waals surface area (Å²) in [6.07, 6.45) is 0. The second-order valence-electron chi connectivity index (χ2n) is 5.51. The number of rotatable bonds is 5. The van der Waals surface area contributed by atoms with Crippen molar-refractivity contribution in [3.63, 3.8) is 0 Å². The van der Waals surface area contributed by atoms with Gasteiger partial charge < -0.3 is 10.0 Å². The van der Waals surface area contributed by atoms with Gasteiger partial charge in [-0.1, -0.05) is 175 Å². The number of alkyl halides is 14. The molecule has 0 aliphatic rings. The lowest BCUT2D eigenvalue weighted by Gasteiger charge is -2.40. The minimum Gasteiger partial charge on any atom is -0.423 e. The molecule has 0 atom stereocenters. The molecule has 0 aliphatic carbocycles. The average Bonchev–Trinajstić information content (AvgIpc) is 2.51. The normalized spacial score (nSPS) is 14.9. The average molecular weight is 688 g/mol. The summed E-state index contributed by atoms with van der Waals surface area (Å²) in [7, 11) is -2.08. The van der Waals surface area contributed by atoms with Crippen LogP contribution in [-0.2, 0) is 8.67 Å². The van der Waals surface area contributed by atoms with Crippen LogP contribution in [0.3, 0.4) is 0 Å². The standard InChI is InChI=1S/C12H5BCl14O2/c14-7(15,9(18,19)11(22,23)24)4-1-5(3-6(2-4)13(28)29)8(16,17)10(20,21)12(25,26)27/h1-3,28-29H. The van der Waals surface area contributed by atoms with Crippen LogP contribution in [0, 0.1) is 0 Å². The molecular weight excluding hydrogens is 683 g/mol. The number of halogens is 14. The van der Waals surface area contributed by atoms with E-state index in [9.17, 15) is 10.0 Å². The van der Waals surface area contributed by atoms with Gasteiger partial charge in [0.05, 0.1) is 0 Å². The van der Waals surface area contributed by atoms with Gasteiger partial charge in [0, 0.05) is 0 Å². The molecule has 0 fully saturated rings. The molecule has 29 heavy (non-hydrogen) atoms. The Kier molecular flexibility index (Phi) is 10.2. The third-order valence-electron chi connectivity index (χ3n) is 3.48. The van der Waals surface area contributed by atoms with Crippen LogP contribution >= 0.6 is 162 Å². The highest BCUT2D eigenvalue weighted by Crippen LogP contribution is 2.63. The van der Waals surface area contributed by atoms with E-state index in [4.69, 9.17) is 162 Å².